The topological polar surface area (TPSA) is 82.5 Å². The van der Waals surface area contributed by atoms with Crippen molar-refractivity contribution >= 4 is 17.5 Å². The van der Waals surface area contributed by atoms with Crippen LogP contribution in [-0.2, 0) is 4.79 Å². The average Bonchev–Trinajstić information content (AvgIpc) is 2.24. The third kappa shape index (κ3) is 3.77. The highest BCUT2D eigenvalue weighted by atomic mass is 35.5. The Hall–Kier alpha value is -1.17. The van der Waals surface area contributed by atoms with Crippen LogP contribution in [0.25, 0.3) is 0 Å². The van der Waals surface area contributed by atoms with Crippen LogP contribution in [0.5, 0.6) is 0 Å². The number of aromatic nitrogens is 1. The highest BCUT2D eigenvalue weighted by molar-refractivity contribution is 6.30. The minimum atomic E-state index is -1.13. The molecule has 1 rings (SSSR count). The van der Waals surface area contributed by atoms with E-state index in [1.807, 2.05) is 0 Å². The molecule has 0 aliphatic heterocycles. The first-order chi connectivity index (χ1) is 7.50. The molecule has 88 valence electrons. The molecule has 0 bridgehead atoms. The lowest BCUT2D eigenvalue weighted by Crippen LogP contribution is -2.34. The summed E-state index contributed by atoms with van der Waals surface area (Å²) in [5.74, 6) is -0.268. The Morgan fingerprint density at radius 3 is 2.81 bits per heavy atom. The number of carbonyl (C=O) groups is 1. The molecule has 6 heteroatoms. The highest BCUT2D eigenvalue weighted by Gasteiger charge is 2.18. The van der Waals surface area contributed by atoms with Gasteiger partial charge in [0.15, 0.2) is 0 Å². The van der Waals surface area contributed by atoms with Gasteiger partial charge in [0.05, 0.1) is 5.02 Å². The Bertz CT molecular complexity index is 373. The number of hydrogen-bond acceptors (Lipinski definition) is 4. The second-order valence-corrected chi connectivity index (χ2v) is 3.82. The third-order valence-electron chi connectivity index (χ3n) is 1.99. The molecular formula is C10H13ClN2O3. The van der Waals surface area contributed by atoms with Crippen LogP contribution in [0, 0.1) is 0 Å². The van der Waals surface area contributed by atoms with Gasteiger partial charge in [0, 0.05) is 31.4 Å². The lowest BCUT2D eigenvalue weighted by Gasteiger charge is -2.18. The average molecular weight is 245 g/mol. The number of pyridine rings is 1. The molecule has 2 unspecified atom stereocenters. The molecule has 0 saturated heterocycles. The number of nitrogens with zero attached hydrogens (tertiary/aromatic N) is 1. The van der Waals surface area contributed by atoms with Gasteiger partial charge in [-0.05, 0) is 6.07 Å². The maximum Gasteiger partial charge on any atom is 0.216 e. The van der Waals surface area contributed by atoms with E-state index in [9.17, 15) is 15.0 Å². The van der Waals surface area contributed by atoms with E-state index in [0.29, 0.717) is 10.6 Å². The van der Waals surface area contributed by atoms with Crippen molar-refractivity contribution in [2.45, 2.75) is 19.1 Å². The van der Waals surface area contributed by atoms with Gasteiger partial charge in [-0.25, -0.2) is 0 Å². The van der Waals surface area contributed by atoms with Gasteiger partial charge in [-0.3, -0.25) is 9.78 Å². The van der Waals surface area contributed by atoms with E-state index in [4.69, 9.17) is 11.6 Å². The zero-order chi connectivity index (χ0) is 12.1. The van der Waals surface area contributed by atoms with E-state index >= 15 is 0 Å². The van der Waals surface area contributed by atoms with Crippen LogP contribution in [0.1, 0.15) is 18.6 Å². The summed E-state index contributed by atoms with van der Waals surface area (Å²) in [6, 6.07) is 1.51. The number of aliphatic hydroxyl groups is 2. The van der Waals surface area contributed by atoms with Gasteiger partial charge >= 0.3 is 0 Å². The van der Waals surface area contributed by atoms with Crippen molar-refractivity contribution in [1.82, 2.24) is 10.3 Å². The Morgan fingerprint density at radius 1 is 1.56 bits per heavy atom. The summed E-state index contributed by atoms with van der Waals surface area (Å²) in [6.45, 7) is 1.31. The maximum absolute atomic E-state index is 10.6. The molecule has 1 aromatic rings. The zero-order valence-corrected chi connectivity index (χ0v) is 9.48. The van der Waals surface area contributed by atoms with Gasteiger partial charge in [-0.15, -0.1) is 0 Å². The van der Waals surface area contributed by atoms with Crippen LogP contribution in [0.4, 0.5) is 0 Å². The number of nitrogens with one attached hydrogen (secondary N) is 1. The van der Waals surface area contributed by atoms with E-state index < -0.39 is 12.2 Å². The van der Waals surface area contributed by atoms with Gasteiger partial charge in [0.2, 0.25) is 5.91 Å². The maximum atomic E-state index is 10.6. The molecule has 1 aromatic heterocycles. The van der Waals surface area contributed by atoms with Crippen molar-refractivity contribution in [3.63, 3.8) is 0 Å². The summed E-state index contributed by atoms with van der Waals surface area (Å²) in [5.41, 5.74) is 0.408. The van der Waals surface area contributed by atoms with Crippen LogP contribution in [0.15, 0.2) is 18.5 Å². The molecule has 0 fully saturated rings. The molecule has 0 radical (unpaired) electrons. The molecule has 2 atom stereocenters. The SMILES string of the molecule is CC(=O)NCC(O)C(O)c1cncc(Cl)c1. The largest absolute Gasteiger partial charge is 0.388 e. The minimum Gasteiger partial charge on any atom is -0.388 e. The quantitative estimate of drug-likeness (QED) is 0.710. The fourth-order valence-electron chi connectivity index (χ4n) is 1.17. The van der Waals surface area contributed by atoms with E-state index in [2.05, 4.69) is 10.3 Å². The second kappa shape index (κ2) is 5.79. The van der Waals surface area contributed by atoms with E-state index in [-0.39, 0.29) is 12.5 Å². The molecule has 0 aliphatic rings. The zero-order valence-electron chi connectivity index (χ0n) is 8.72. The van der Waals surface area contributed by atoms with Crippen molar-refractivity contribution in [3.8, 4) is 0 Å². The summed E-state index contributed by atoms with van der Waals surface area (Å²) in [5, 5.41) is 22.1. The Balaban J connectivity index is 2.62. The Labute approximate surface area is 98.1 Å². The normalized spacial score (nSPS) is 14.2. The standard InChI is InChI=1S/C10H13ClN2O3/c1-6(14)13-5-9(15)10(16)7-2-8(11)4-12-3-7/h2-4,9-10,15-16H,5H2,1H3,(H,13,14). The molecule has 0 spiro atoms. The van der Waals surface area contributed by atoms with Crippen molar-refractivity contribution < 1.29 is 15.0 Å². The molecule has 0 aliphatic carbocycles. The van der Waals surface area contributed by atoms with Gasteiger partial charge in [-0.1, -0.05) is 11.6 Å². The number of carbonyl (C=O) groups excluding carboxylic acids is 1. The van der Waals surface area contributed by atoms with Gasteiger partial charge < -0.3 is 15.5 Å². The monoisotopic (exact) mass is 244 g/mol. The molecule has 16 heavy (non-hydrogen) atoms. The predicted molar refractivity (Wildman–Crippen MR) is 58.9 cm³/mol. The van der Waals surface area contributed by atoms with Crippen molar-refractivity contribution in [3.05, 3.63) is 29.0 Å². The molecule has 1 amide bonds. The Kier molecular flexibility index (Phi) is 4.67. The minimum absolute atomic E-state index is 0.0248. The predicted octanol–water partition coefficient (Wildman–Crippen LogP) is 0.265. The summed E-state index contributed by atoms with van der Waals surface area (Å²) in [6.07, 6.45) is 0.619. The molecule has 3 N–H and O–H groups in total. The Morgan fingerprint density at radius 2 is 2.25 bits per heavy atom. The van der Waals surface area contributed by atoms with E-state index in [1.54, 1.807) is 0 Å². The van der Waals surface area contributed by atoms with Crippen LogP contribution >= 0.6 is 11.6 Å². The molecule has 0 saturated carbocycles. The highest BCUT2D eigenvalue weighted by Crippen LogP contribution is 2.18. The van der Waals surface area contributed by atoms with Crippen LogP contribution in [-0.4, -0.2) is 33.8 Å². The lowest BCUT2D eigenvalue weighted by molar-refractivity contribution is -0.119. The summed E-state index contributed by atoms with van der Waals surface area (Å²) >= 11 is 5.70. The number of halogens is 1. The van der Waals surface area contributed by atoms with E-state index in [1.165, 1.54) is 25.4 Å². The van der Waals surface area contributed by atoms with E-state index in [0.717, 1.165) is 0 Å². The summed E-state index contributed by atoms with van der Waals surface area (Å²) in [4.78, 5) is 14.4. The van der Waals surface area contributed by atoms with Crippen molar-refractivity contribution in [2.75, 3.05) is 6.54 Å². The molecular weight excluding hydrogens is 232 g/mol. The number of amides is 1. The fourth-order valence-corrected chi connectivity index (χ4v) is 1.35. The van der Waals surface area contributed by atoms with Crippen molar-refractivity contribution in [1.29, 1.82) is 0 Å². The summed E-state index contributed by atoms with van der Waals surface area (Å²) < 4.78 is 0. The number of hydrogen-bond donors (Lipinski definition) is 3. The van der Waals surface area contributed by atoms with Crippen molar-refractivity contribution in [2.24, 2.45) is 0 Å². The third-order valence-corrected chi connectivity index (χ3v) is 2.20. The molecule has 5 nitrogen and oxygen atoms in total. The number of rotatable bonds is 4. The van der Waals surface area contributed by atoms with Crippen LogP contribution < -0.4 is 5.32 Å². The molecule has 1 heterocycles. The smallest absolute Gasteiger partial charge is 0.216 e. The number of aliphatic hydroxyl groups excluding tert-OH is 2. The first-order valence-electron chi connectivity index (χ1n) is 4.71. The van der Waals surface area contributed by atoms with Crippen LogP contribution in [0.2, 0.25) is 5.02 Å². The first-order valence-corrected chi connectivity index (χ1v) is 5.09. The summed E-state index contributed by atoms with van der Waals surface area (Å²) in [7, 11) is 0. The second-order valence-electron chi connectivity index (χ2n) is 3.39. The first kappa shape index (κ1) is 12.9. The lowest BCUT2D eigenvalue weighted by atomic mass is 10.1. The van der Waals surface area contributed by atoms with Gasteiger partial charge in [-0.2, -0.15) is 0 Å². The molecule has 0 aromatic carbocycles. The fraction of sp³-hybridized carbons (Fsp3) is 0.400. The van der Waals surface area contributed by atoms with Crippen LogP contribution in [0.3, 0.4) is 0 Å². The van der Waals surface area contributed by atoms with Gasteiger partial charge in [0.1, 0.15) is 12.2 Å². The van der Waals surface area contributed by atoms with Gasteiger partial charge in [0.25, 0.3) is 0 Å².